The Hall–Kier alpha value is -1.33. The number of pyridine rings is 1. The van der Waals surface area contributed by atoms with Crippen LogP contribution in [0, 0.1) is 0 Å². The number of methoxy groups -OCH3 is 1. The summed E-state index contributed by atoms with van der Waals surface area (Å²) >= 11 is 5.96. The minimum Gasteiger partial charge on any atom is -0.380 e. The molecule has 0 spiro atoms. The van der Waals surface area contributed by atoms with Gasteiger partial charge in [0.25, 0.3) is 5.91 Å². The first kappa shape index (κ1) is 14.7. The third-order valence-electron chi connectivity index (χ3n) is 2.37. The normalized spacial score (nSPS) is 12.0. The number of carbonyl (C=O) groups is 1. The molecular formula is C12H18ClN3O2. The Morgan fingerprint density at radius 3 is 2.89 bits per heavy atom. The molecule has 5 nitrogen and oxygen atoms in total. The Kier molecular flexibility index (Phi) is 5.88. The van der Waals surface area contributed by atoms with Crippen molar-refractivity contribution in [3.05, 3.63) is 22.8 Å². The molecule has 0 saturated heterocycles. The van der Waals surface area contributed by atoms with Gasteiger partial charge in [0.05, 0.1) is 11.1 Å². The van der Waals surface area contributed by atoms with Crippen molar-refractivity contribution in [2.24, 2.45) is 0 Å². The van der Waals surface area contributed by atoms with Gasteiger partial charge in [0.2, 0.25) is 0 Å². The zero-order valence-electron chi connectivity index (χ0n) is 10.8. The number of halogens is 1. The quantitative estimate of drug-likeness (QED) is 0.830. The van der Waals surface area contributed by atoms with Gasteiger partial charge in [0.1, 0.15) is 11.5 Å². The third-order valence-corrected chi connectivity index (χ3v) is 2.68. The highest BCUT2D eigenvalue weighted by molar-refractivity contribution is 6.33. The van der Waals surface area contributed by atoms with Crippen LogP contribution in [0.1, 0.15) is 24.3 Å². The number of rotatable bonds is 6. The van der Waals surface area contributed by atoms with Gasteiger partial charge in [-0.1, -0.05) is 11.6 Å². The molecule has 0 aliphatic heterocycles. The lowest BCUT2D eigenvalue weighted by molar-refractivity contribution is 0.0866. The molecule has 1 aromatic rings. The van der Waals surface area contributed by atoms with Gasteiger partial charge >= 0.3 is 0 Å². The third kappa shape index (κ3) is 4.16. The summed E-state index contributed by atoms with van der Waals surface area (Å²) in [4.78, 5) is 16.1. The first-order valence-corrected chi connectivity index (χ1v) is 6.17. The van der Waals surface area contributed by atoms with Gasteiger partial charge in [0.15, 0.2) is 0 Å². The van der Waals surface area contributed by atoms with Crippen LogP contribution in [0.3, 0.4) is 0 Å². The number of nitrogens with zero attached hydrogens (tertiary/aromatic N) is 1. The minimum atomic E-state index is -0.302. The van der Waals surface area contributed by atoms with Gasteiger partial charge in [-0.3, -0.25) is 4.79 Å². The molecule has 0 bridgehead atoms. The summed E-state index contributed by atoms with van der Waals surface area (Å²) in [5, 5.41) is 6.09. The van der Waals surface area contributed by atoms with E-state index in [2.05, 4.69) is 15.6 Å². The van der Waals surface area contributed by atoms with E-state index in [-0.39, 0.29) is 17.7 Å². The van der Waals surface area contributed by atoms with Crippen molar-refractivity contribution in [2.45, 2.75) is 20.0 Å². The number of aromatic nitrogens is 1. The highest BCUT2D eigenvalue weighted by atomic mass is 35.5. The summed E-state index contributed by atoms with van der Waals surface area (Å²) in [6.45, 7) is 4.97. The summed E-state index contributed by atoms with van der Waals surface area (Å²) in [5.74, 6) is 0.329. The molecule has 18 heavy (non-hydrogen) atoms. The van der Waals surface area contributed by atoms with Crippen molar-refractivity contribution in [1.82, 2.24) is 10.3 Å². The van der Waals surface area contributed by atoms with E-state index in [0.717, 1.165) is 6.54 Å². The number of hydrogen-bond donors (Lipinski definition) is 2. The highest BCUT2D eigenvalue weighted by Crippen LogP contribution is 2.16. The number of ether oxygens (including phenoxy) is 1. The Morgan fingerprint density at radius 1 is 1.56 bits per heavy atom. The molecule has 100 valence electrons. The second-order valence-electron chi connectivity index (χ2n) is 3.81. The van der Waals surface area contributed by atoms with E-state index in [1.54, 1.807) is 19.2 Å². The van der Waals surface area contributed by atoms with E-state index in [9.17, 15) is 4.79 Å². The molecule has 0 aromatic carbocycles. The van der Waals surface area contributed by atoms with Crippen molar-refractivity contribution in [3.63, 3.8) is 0 Å². The maximum atomic E-state index is 11.9. The molecular weight excluding hydrogens is 254 g/mol. The van der Waals surface area contributed by atoms with Gasteiger partial charge < -0.3 is 15.4 Å². The number of amides is 1. The van der Waals surface area contributed by atoms with Crippen LogP contribution in [-0.4, -0.2) is 37.2 Å². The summed E-state index contributed by atoms with van der Waals surface area (Å²) in [5.41, 5.74) is 0.221. The SMILES string of the molecule is CCNc1ccc(Cl)c(C(=O)NCC(C)OC)n1. The molecule has 0 saturated carbocycles. The van der Waals surface area contributed by atoms with Crippen LogP contribution in [0.25, 0.3) is 0 Å². The fourth-order valence-corrected chi connectivity index (χ4v) is 1.48. The van der Waals surface area contributed by atoms with Crippen LogP contribution < -0.4 is 10.6 Å². The number of hydrogen-bond acceptors (Lipinski definition) is 4. The molecule has 1 heterocycles. The van der Waals surface area contributed by atoms with Gasteiger partial charge in [-0.2, -0.15) is 0 Å². The molecule has 1 rings (SSSR count). The smallest absolute Gasteiger partial charge is 0.271 e. The standard InChI is InChI=1S/C12H18ClN3O2/c1-4-14-10-6-5-9(13)11(16-10)12(17)15-7-8(2)18-3/h5-6,8H,4,7H2,1-3H3,(H,14,16)(H,15,17). The van der Waals surface area contributed by atoms with Crippen LogP contribution in [0.2, 0.25) is 5.02 Å². The molecule has 1 atom stereocenters. The number of anilines is 1. The van der Waals surface area contributed by atoms with Crippen LogP contribution in [-0.2, 0) is 4.74 Å². The average Bonchev–Trinajstić information content (AvgIpc) is 2.38. The number of nitrogens with one attached hydrogen (secondary N) is 2. The Balaban J connectivity index is 2.74. The van der Waals surface area contributed by atoms with Crippen LogP contribution in [0.4, 0.5) is 5.82 Å². The zero-order valence-corrected chi connectivity index (χ0v) is 11.5. The van der Waals surface area contributed by atoms with E-state index in [1.165, 1.54) is 0 Å². The monoisotopic (exact) mass is 271 g/mol. The van der Waals surface area contributed by atoms with E-state index < -0.39 is 0 Å². The second kappa shape index (κ2) is 7.18. The van der Waals surface area contributed by atoms with Crippen LogP contribution >= 0.6 is 11.6 Å². The Bertz CT molecular complexity index is 412. The van der Waals surface area contributed by atoms with Crippen molar-refractivity contribution < 1.29 is 9.53 Å². The molecule has 0 aliphatic rings. The molecule has 0 aliphatic carbocycles. The summed E-state index contributed by atoms with van der Waals surface area (Å²) in [6.07, 6.45) is -0.0512. The van der Waals surface area contributed by atoms with E-state index in [1.807, 2.05) is 13.8 Å². The van der Waals surface area contributed by atoms with Gasteiger partial charge in [-0.25, -0.2) is 4.98 Å². The highest BCUT2D eigenvalue weighted by Gasteiger charge is 2.13. The lowest BCUT2D eigenvalue weighted by Gasteiger charge is -2.11. The maximum absolute atomic E-state index is 11.9. The van der Waals surface area contributed by atoms with Gasteiger partial charge in [-0.05, 0) is 26.0 Å². The average molecular weight is 272 g/mol. The van der Waals surface area contributed by atoms with Gasteiger partial charge in [0, 0.05) is 20.2 Å². The molecule has 1 aromatic heterocycles. The second-order valence-corrected chi connectivity index (χ2v) is 4.22. The zero-order chi connectivity index (χ0) is 13.5. The van der Waals surface area contributed by atoms with Crippen molar-refractivity contribution in [3.8, 4) is 0 Å². The molecule has 1 unspecified atom stereocenters. The molecule has 0 fully saturated rings. The first-order valence-electron chi connectivity index (χ1n) is 5.79. The lowest BCUT2D eigenvalue weighted by atomic mass is 10.3. The number of carbonyl (C=O) groups excluding carboxylic acids is 1. The predicted molar refractivity (Wildman–Crippen MR) is 72.2 cm³/mol. The van der Waals surface area contributed by atoms with E-state index in [4.69, 9.17) is 16.3 Å². The van der Waals surface area contributed by atoms with Crippen LogP contribution in [0.15, 0.2) is 12.1 Å². The maximum Gasteiger partial charge on any atom is 0.271 e. The first-order chi connectivity index (χ1) is 8.58. The fraction of sp³-hybridized carbons (Fsp3) is 0.500. The lowest BCUT2D eigenvalue weighted by Crippen LogP contribution is -2.32. The predicted octanol–water partition coefficient (Wildman–Crippen LogP) is 1.93. The van der Waals surface area contributed by atoms with Crippen molar-refractivity contribution in [2.75, 3.05) is 25.5 Å². The molecule has 2 N–H and O–H groups in total. The van der Waals surface area contributed by atoms with Crippen molar-refractivity contribution >= 4 is 23.3 Å². The largest absolute Gasteiger partial charge is 0.380 e. The molecule has 6 heteroatoms. The summed E-state index contributed by atoms with van der Waals surface area (Å²) < 4.78 is 5.05. The summed E-state index contributed by atoms with van der Waals surface area (Å²) in [6, 6.07) is 3.39. The summed E-state index contributed by atoms with van der Waals surface area (Å²) in [7, 11) is 1.59. The van der Waals surface area contributed by atoms with E-state index >= 15 is 0 Å². The Morgan fingerprint density at radius 2 is 2.28 bits per heavy atom. The van der Waals surface area contributed by atoms with E-state index in [0.29, 0.717) is 17.4 Å². The van der Waals surface area contributed by atoms with Crippen molar-refractivity contribution in [1.29, 1.82) is 0 Å². The molecule has 1 amide bonds. The van der Waals surface area contributed by atoms with Crippen LogP contribution in [0.5, 0.6) is 0 Å². The molecule has 0 radical (unpaired) electrons. The van der Waals surface area contributed by atoms with Gasteiger partial charge in [-0.15, -0.1) is 0 Å². The topological polar surface area (TPSA) is 63.2 Å². The Labute approximate surface area is 112 Å². The fourth-order valence-electron chi connectivity index (χ4n) is 1.28. The minimum absolute atomic E-state index is 0.0512.